The first-order valence-electron chi connectivity index (χ1n) is 9.20. The zero-order chi connectivity index (χ0) is 18.6. The predicted octanol–water partition coefficient (Wildman–Crippen LogP) is 2.87. The number of hydrogen-bond acceptors (Lipinski definition) is 7. The van der Waals surface area contributed by atoms with Gasteiger partial charge in [0.05, 0.1) is 24.2 Å². The van der Waals surface area contributed by atoms with E-state index in [1.807, 2.05) is 25.1 Å². The molecule has 27 heavy (non-hydrogen) atoms. The molecule has 0 saturated carbocycles. The molecule has 0 aromatic carbocycles. The van der Waals surface area contributed by atoms with E-state index in [1.165, 1.54) is 0 Å². The summed E-state index contributed by atoms with van der Waals surface area (Å²) in [4.78, 5) is 32.0. The van der Waals surface area contributed by atoms with E-state index in [1.54, 1.807) is 24.8 Å². The molecule has 0 unspecified atom stereocenters. The summed E-state index contributed by atoms with van der Waals surface area (Å²) in [6.45, 7) is 3.79. The second-order valence-corrected chi connectivity index (χ2v) is 6.51. The number of carbonyl (C=O) groups is 1. The molecule has 4 rings (SSSR count). The molecule has 1 fully saturated rings. The third-order valence-electron chi connectivity index (χ3n) is 4.83. The van der Waals surface area contributed by atoms with Gasteiger partial charge in [-0.1, -0.05) is 0 Å². The van der Waals surface area contributed by atoms with Crippen molar-refractivity contribution in [3.63, 3.8) is 0 Å². The Labute approximate surface area is 157 Å². The van der Waals surface area contributed by atoms with E-state index in [9.17, 15) is 4.79 Å². The highest BCUT2D eigenvalue weighted by atomic mass is 16.5. The van der Waals surface area contributed by atoms with E-state index in [2.05, 4.69) is 19.9 Å². The predicted molar refractivity (Wildman–Crippen MR) is 102 cm³/mol. The Hall–Kier alpha value is -3.09. The lowest BCUT2D eigenvalue weighted by atomic mass is 9.97. The summed E-state index contributed by atoms with van der Waals surface area (Å²) in [5, 5.41) is 0.970. The molecule has 1 aliphatic rings. The highest BCUT2D eigenvalue weighted by molar-refractivity contribution is 5.90. The van der Waals surface area contributed by atoms with Crippen LogP contribution in [0.25, 0.3) is 22.3 Å². The first-order valence-corrected chi connectivity index (χ1v) is 9.20. The van der Waals surface area contributed by atoms with Gasteiger partial charge >= 0.3 is 5.97 Å². The maximum atomic E-state index is 12.0. The van der Waals surface area contributed by atoms with Crippen molar-refractivity contribution in [3.05, 3.63) is 43.0 Å². The molecule has 0 N–H and O–H groups in total. The third kappa shape index (κ3) is 3.58. The monoisotopic (exact) mass is 363 g/mol. The Morgan fingerprint density at radius 2 is 1.85 bits per heavy atom. The molecule has 1 saturated heterocycles. The van der Waals surface area contributed by atoms with Crippen molar-refractivity contribution in [2.24, 2.45) is 5.92 Å². The molecule has 4 heterocycles. The first kappa shape index (κ1) is 17.3. The third-order valence-corrected chi connectivity index (χ3v) is 4.83. The summed E-state index contributed by atoms with van der Waals surface area (Å²) in [5.74, 6) is 1.42. The average molecular weight is 363 g/mol. The molecule has 1 aliphatic heterocycles. The fourth-order valence-corrected chi connectivity index (χ4v) is 3.42. The number of nitrogens with zero attached hydrogens (tertiary/aromatic N) is 5. The molecular weight excluding hydrogens is 342 g/mol. The number of fused-ring (bicyclic) bond motifs is 1. The maximum absolute atomic E-state index is 12.0. The molecule has 0 radical (unpaired) electrons. The summed E-state index contributed by atoms with van der Waals surface area (Å²) in [5.41, 5.74) is 1.72. The number of piperidine rings is 1. The van der Waals surface area contributed by atoms with Crippen molar-refractivity contribution >= 4 is 22.7 Å². The normalized spacial score (nSPS) is 15.1. The van der Waals surface area contributed by atoms with Crippen LogP contribution in [0.5, 0.6) is 0 Å². The van der Waals surface area contributed by atoms with Gasteiger partial charge in [0.15, 0.2) is 5.82 Å². The Morgan fingerprint density at radius 3 is 2.59 bits per heavy atom. The van der Waals surface area contributed by atoms with E-state index >= 15 is 0 Å². The van der Waals surface area contributed by atoms with E-state index in [-0.39, 0.29) is 11.9 Å². The van der Waals surface area contributed by atoms with Gasteiger partial charge in [0, 0.05) is 42.6 Å². The number of esters is 1. The number of hydrogen-bond donors (Lipinski definition) is 0. The van der Waals surface area contributed by atoms with Crippen LogP contribution in [-0.2, 0) is 9.53 Å². The Balaban J connectivity index is 1.66. The summed E-state index contributed by atoms with van der Waals surface area (Å²) < 4.78 is 5.17. The number of aromatic nitrogens is 4. The van der Waals surface area contributed by atoms with Gasteiger partial charge in [0.1, 0.15) is 5.82 Å². The van der Waals surface area contributed by atoms with Gasteiger partial charge in [-0.3, -0.25) is 14.8 Å². The molecule has 7 nitrogen and oxygen atoms in total. The molecule has 0 bridgehead atoms. The molecular formula is C20H21N5O2. The second-order valence-electron chi connectivity index (χ2n) is 6.51. The van der Waals surface area contributed by atoms with Crippen LogP contribution in [0, 0.1) is 5.92 Å². The average Bonchev–Trinajstić information content (AvgIpc) is 2.74. The molecule has 0 atom stereocenters. The topological polar surface area (TPSA) is 81.1 Å². The van der Waals surface area contributed by atoms with E-state index < -0.39 is 0 Å². The minimum absolute atomic E-state index is 0.0318. The fourth-order valence-electron chi connectivity index (χ4n) is 3.42. The second kappa shape index (κ2) is 7.65. The first-order chi connectivity index (χ1) is 13.3. The number of rotatable bonds is 4. The van der Waals surface area contributed by atoms with Crippen molar-refractivity contribution in [2.45, 2.75) is 19.8 Å². The molecule has 0 amide bonds. The quantitative estimate of drug-likeness (QED) is 0.659. The van der Waals surface area contributed by atoms with Crippen LogP contribution < -0.4 is 4.90 Å². The Kier molecular flexibility index (Phi) is 4.91. The van der Waals surface area contributed by atoms with Crippen LogP contribution >= 0.6 is 0 Å². The number of ether oxygens (including phenoxy) is 1. The van der Waals surface area contributed by atoms with Crippen LogP contribution in [0.3, 0.4) is 0 Å². The maximum Gasteiger partial charge on any atom is 0.309 e. The van der Waals surface area contributed by atoms with Crippen molar-refractivity contribution < 1.29 is 9.53 Å². The lowest BCUT2D eigenvalue weighted by Crippen LogP contribution is -2.37. The van der Waals surface area contributed by atoms with Crippen LogP contribution in [0.4, 0.5) is 5.82 Å². The van der Waals surface area contributed by atoms with Crippen molar-refractivity contribution in [1.82, 2.24) is 19.9 Å². The molecule has 3 aromatic heterocycles. The minimum atomic E-state index is -0.0913. The van der Waals surface area contributed by atoms with Crippen LogP contribution in [0.1, 0.15) is 19.8 Å². The van der Waals surface area contributed by atoms with Gasteiger partial charge in [-0.25, -0.2) is 9.97 Å². The van der Waals surface area contributed by atoms with Crippen LogP contribution in [0.2, 0.25) is 0 Å². The molecule has 0 aliphatic carbocycles. The standard InChI is InChI=1S/C20H21N5O2/c1-2-27-20(26)15-6-11-25(12-7-15)19-16-5-10-22-13-17(16)23-18(24-19)14-3-8-21-9-4-14/h3-5,8-10,13,15H,2,6-7,11-12H2,1H3. The Bertz CT molecular complexity index is 940. The van der Waals surface area contributed by atoms with E-state index in [0.29, 0.717) is 12.4 Å². The van der Waals surface area contributed by atoms with Crippen molar-refractivity contribution in [3.8, 4) is 11.4 Å². The molecule has 7 heteroatoms. The van der Waals surface area contributed by atoms with Crippen LogP contribution in [-0.4, -0.2) is 45.6 Å². The summed E-state index contributed by atoms with van der Waals surface area (Å²) in [6, 6.07) is 5.74. The lowest BCUT2D eigenvalue weighted by molar-refractivity contribution is -0.148. The Morgan fingerprint density at radius 1 is 1.11 bits per heavy atom. The lowest BCUT2D eigenvalue weighted by Gasteiger charge is -2.32. The summed E-state index contributed by atoms with van der Waals surface area (Å²) >= 11 is 0. The van der Waals surface area contributed by atoms with Gasteiger partial charge < -0.3 is 9.64 Å². The van der Waals surface area contributed by atoms with Gasteiger partial charge in [0.25, 0.3) is 0 Å². The van der Waals surface area contributed by atoms with Crippen molar-refractivity contribution in [1.29, 1.82) is 0 Å². The van der Waals surface area contributed by atoms with E-state index in [4.69, 9.17) is 9.72 Å². The smallest absolute Gasteiger partial charge is 0.309 e. The molecule has 0 spiro atoms. The molecule has 3 aromatic rings. The van der Waals surface area contributed by atoms with Gasteiger partial charge in [-0.2, -0.15) is 0 Å². The molecule has 138 valence electrons. The highest BCUT2D eigenvalue weighted by Gasteiger charge is 2.27. The van der Waals surface area contributed by atoms with Gasteiger partial charge in [0.2, 0.25) is 0 Å². The van der Waals surface area contributed by atoms with Gasteiger partial charge in [-0.15, -0.1) is 0 Å². The van der Waals surface area contributed by atoms with Crippen molar-refractivity contribution in [2.75, 3.05) is 24.6 Å². The number of anilines is 1. The summed E-state index contributed by atoms with van der Waals surface area (Å²) in [7, 11) is 0. The highest BCUT2D eigenvalue weighted by Crippen LogP contribution is 2.30. The number of carbonyl (C=O) groups excluding carboxylic acids is 1. The fraction of sp³-hybridized carbons (Fsp3) is 0.350. The number of pyridine rings is 2. The van der Waals surface area contributed by atoms with Gasteiger partial charge in [-0.05, 0) is 38.0 Å². The summed E-state index contributed by atoms with van der Waals surface area (Å²) in [6.07, 6.45) is 8.51. The van der Waals surface area contributed by atoms with E-state index in [0.717, 1.165) is 48.2 Å². The SMILES string of the molecule is CCOC(=O)C1CCN(c2nc(-c3ccncc3)nc3cnccc23)CC1. The largest absolute Gasteiger partial charge is 0.466 e. The zero-order valence-corrected chi connectivity index (χ0v) is 15.2. The zero-order valence-electron chi connectivity index (χ0n) is 15.2. The van der Waals surface area contributed by atoms with Crippen LogP contribution in [0.15, 0.2) is 43.0 Å². The minimum Gasteiger partial charge on any atom is -0.466 e.